The number of ether oxygens (including phenoxy) is 1. The Hall–Kier alpha value is -0.340. The lowest BCUT2D eigenvalue weighted by Crippen LogP contribution is -2.30. The lowest BCUT2D eigenvalue weighted by molar-refractivity contribution is 0.414. The lowest BCUT2D eigenvalue weighted by atomic mass is 10.1. The summed E-state index contributed by atoms with van der Waals surface area (Å²) in [6, 6.07) is 2.97. The third kappa shape index (κ3) is 2.96. The fourth-order valence-electron chi connectivity index (χ4n) is 2.21. The Morgan fingerprint density at radius 1 is 1.55 bits per heavy atom. The molecule has 1 aliphatic rings. The van der Waals surface area contributed by atoms with Crippen LogP contribution in [0.1, 0.15) is 6.42 Å². The van der Waals surface area contributed by atoms with Gasteiger partial charge in [0.25, 0.3) is 0 Å². The standard InChI is InChI=1S/C12H16BrClN2O3S/c1-19-11-4-9(13)12(5-10(11)14)20(17,18)16-3-2-8(6-15)7-16/h4-5,8H,2-3,6-7,15H2,1H3. The first-order chi connectivity index (χ1) is 9.40. The molecule has 1 aromatic carbocycles. The number of benzene rings is 1. The van der Waals surface area contributed by atoms with Crippen LogP contribution < -0.4 is 10.5 Å². The van der Waals surface area contributed by atoms with Crippen LogP contribution in [-0.2, 0) is 10.0 Å². The number of nitrogens with zero attached hydrogens (tertiary/aromatic N) is 1. The average Bonchev–Trinajstić information content (AvgIpc) is 2.90. The molecule has 0 aromatic heterocycles. The smallest absolute Gasteiger partial charge is 0.244 e. The van der Waals surface area contributed by atoms with E-state index in [9.17, 15) is 8.42 Å². The lowest BCUT2D eigenvalue weighted by Gasteiger charge is -2.18. The summed E-state index contributed by atoms with van der Waals surface area (Å²) < 4.78 is 32.2. The minimum absolute atomic E-state index is 0.154. The van der Waals surface area contributed by atoms with Crippen LogP contribution in [0.5, 0.6) is 5.75 Å². The van der Waals surface area contributed by atoms with E-state index in [-0.39, 0.29) is 15.8 Å². The molecule has 20 heavy (non-hydrogen) atoms. The number of nitrogens with two attached hydrogens (primary N) is 1. The summed E-state index contributed by atoms with van der Waals surface area (Å²) in [5, 5.41) is 0.267. The van der Waals surface area contributed by atoms with E-state index in [0.717, 1.165) is 6.42 Å². The van der Waals surface area contributed by atoms with Gasteiger partial charge in [-0.25, -0.2) is 8.42 Å². The molecule has 112 valence electrons. The predicted molar refractivity (Wildman–Crippen MR) is 81.6 cm³/mol. The van der Waals surface area contributed by atoms with E-state index in [0.29, 0.717) is 29.9 Å². The fraction of sp³-hybridized carbons (Fsp3) is 0.500. The Kier molecular flexibility index (Phi) is 4.96. The van der Waals surface area contributed by atoms with Gasteiger partial charge in [-0.2, -0.15) is 4.31 Å². The van der Waals surface area contributed by atoms with Crippen LogP contribution >= 0.6 is 27.5 Å². The second kappa shape index (κ2) is 6.19. The summed E-state index contributed by atoms with van der Waals surface area (Å²) in [4.78, 5) is 0.154. The molecule has 1 fully saturated rings. The van der Waals surface area contributed by atoms with Crippen molar-refractivity contribution < 1.29 is 13.2 Å². The number of hydrogen-bond acceptors (Lipinski definition) is 4. The van der Waals surface area contributed by atoms with Gasteiger partial charge in [0.05, 0.1) is 17.0 Å². The molecule has 1 saturated heterocycles. The summed E-state index contributed by atoms with van der Waals surface area (Å²) >= 11 is 9.29. The molecule has 0 amide bonds. The maximum Gasteiger partial charge on any atom is 0.244 e. The molecule has 0 aliphatic carbocycles. The maximum absolute atomic E-state index is 12.6. The minimum atomic E-state index is -3.57. The summed E-state index contributed by atoms with van der Waals surface area (Å²) in [5.74, 6) is 0.649. The van der Waals surface area contributed by atoms with E-state index in [2.05, 4.69) is 15.9 Å². The molecular weight excluding hydrogens is 368 g/mol. The number of halogens is 2. The largest absolute Gasteiger partial charge is 0.495 e. The van der Waals surface area contributed by atoms with Crippen molar-refractivity contribution in [1.29, 1.82) is 0 Å². The highest BCUT2D eigenvalue weighted by atomic mass is 79.9. The van der Waals surface area contributed by atoms with Gasteiger partial charge in [0.15, 0.2) is 0 Å². The second-order valence-corrected chi connectivity index (χ2v) is 7.84. The second-order valence-electron chi connectivity index (χ2n) is 4.67. The molecule has 1 aromatic rings. The highest BCUT2D eigenvalue weighted by Crippen LogP contribution is 2.36. The quantitative estimate of drug-likeness (QED) is 0.864. The molecule has 2 rings (SSSR count). The molecule has 1 atom stereocenters. The van der Waals surface area contributed by atoms with E-state index >= 15 is 0 Å². The van der Waals surface area contributed by atoms with E-state index in [1.165, 1.54) is 17.5 Å². The molecular formula is C12H16BrClN2O3S. The van der Waals surface area contributed by atoms with Gasteiger partial charge in [0, 0.05) is 17.6 Å². The highest BCUT2D eigenvalue weighted by molar-refractivity contribution is 9.10. The van der Waals surface area contributed by atoms with Crippen LogP contribution in [0, 0.1) is 5.92 Å². The van der Waals surface area contributed by atoms with Crippen LogP contribution in [0.25, 0.3) is 0 Å². The predicted octanol–water partition coefficient (Wildman–Crippen LogP) is 2.08. The van der Waals surface area contributed by atoms with E-state index in [4.69, 9.17) is 22.1 Å². The van der Waals surface area contributed by atoms with Crippen molar-refractivity contribution in [3.63, 3.8) is 0 Å². The Morgan fingerprint density at radius 3 is 2.80 bits per heavy atom. The van der Waals surface area contributed by atoms with Gasteiger partial charge in [-0.3, -0.25) is 0 Å². The molecule has 1 heterocycles. The van der Waals surface area contributed by atoms with Crippen LogP contribution in [0.15, 0.2) is 21.5 Å². The Morgan fingerprint density at radius 2 is 2.25 bits per heavy atom. The molecule has 0 radical (unpaired) electrons. The van der Waals surface area contributed by atoms with Crippen molar-refractivity contribution in [2.24, 2.45) is 11.7 Å². The first-order valence-corrected chi connectivity index (χ1v) is 8.74. The van der Waals surface area contributed by atoms with Gasteiger partial charge < -0.3 is 10.5 Å². The molecule has 5 nitrogen and oxygen atoms in total. The van der Waals surface area contributed by atoms with Crippen LogP contribution in [0.2, 0.25) is 5.02 Å². The molecule has 8 heteroatoms. The molecule has 0 saturated carbocycles. The summed E-state index contributed by atoms with van der Waals surface area (Å²) in [6.45, 7) is 1.44. The monoisotopic (exact) mass is 382 g/mol. The summed E-state index contributed by atoms with van der Waals surface area (Å²) in [7, 11) is -2.09. The number of sulfonamides is 1. The highest BCUT2D eigenvalue weighted by Gasteiger charge is 2.33. The molecule has 2 N–H and O–H groups in total. The van der Waals surface area contributed by atoms with Crippen LogP contribution in [-0.4, -0.2) is 39.5 Å². The Bertz CT molecular complexity index is 609. The molecule has 0 bridgehead atoms. The van der Waals surface area contributed by atoms with Gasteiger partial charge >= 0.3 is 0 Å². The van der Waals surface area contributed by atoms with Gasteiger partial charge in [-0.1, -0.05) is 11.6 Å². The Balaban J connectivity index is 2.38. The molecule has 0 spiro atoms. The molecule has 1 unspecified atom stereocenters. The first kappa shape index (κ1) is 16.0. The zero-order valence-electron chi connectivity index (χ0n) is 11.0. The van der Waals surface area contributed by atoms with Crippen molar-refractivity contribution in [3.05, 3.63) is 21.6 Å². The first-order valence-electron chi connectivity index (χ1n) is 6.13. The van der Waals surface area contributed by atoms with Crippen molar-refractivity contribution in [2.75, 3.05) is 26.7 Å². The SMILES string of the molecule is COc1cc(Br)c(S(=O)(=O)N2CCC(CN)C2)cc1Cl. The zero-order chi connectivity index (χ0) is 14.9. The minimum Gasteiger partial charge on any atom is -0.495 e. The Labute approximate surface area is 132 Å². The third-order valence-corrected chi connectivity index (χ3v) is 6.53. The van der Waals surface area contributed by atoms with Crippen molar-refractivity contribution >= 4 is 37.6 Å². The van der Waals surface area contributed by atoms with Gasteiger partial charge in [-0.15, -0.1) is 0 Å². The third-order valence-electron chi connectivity index (χ3n) is 3.41. The fourth-order valence-corrected chi connectivity index (χ4v) is 5.06. The zero-order valence-corrected chi connectivity index (χ0v) is 14.1. The van der Waals surface area contributed by atoms with Crippen LogP contribution in [0.3, 0.4) is 0 Å². The topological polar surface area (TPSA) is 72.6 Å². The van der Waals surface area contributed by atoms with Crippen molar-refractivity contribution in [3.8, 4) is 5.75 Å². The number of methoxy groups -OCH3 is 1. The van der Waals surface area contributed by atoms with Crippen LogP contribution in [0.4, 0.5) is 0 Å². The number of hydrogen-bond donors (Lipinski definition) is 1. The van der Waals surface area contributed by atoms with E-state index in [1.54, 1.807) is 6.07 Å². The summed E-state index contributed by atoms with van der Waals surface area (Å²) in [5.41, 5.74) is 5.60. The van der Waals surface area contributed by atoms with Gasteiger partial charge in [0.2, 0.25) is 10.0 Å². The van der Waals surface area contributed by atoms with E-state index in [1.807, 2.05) is 0 Å². The van der Waals surface area contributed by atoms with Crippen molar-refractivity contribution in [2.45, 2.75) is 11.3 Å². The normalized spacial score (nSPS) is 20.3. The van der Waals surface area contributed by atoms with E-state index < -0.39 is 10.0 Å². The van der Waals surface area contributed by atoms with Crippen molar-refractivity contribution in [1.82, 2.24) is 4.31 Å². The van der Waals surface area contributed by atoms with Gasteiger partial charge in [0.1, 0.15) is 5.75 Å². The number of rotatable bonds is 4. The summed E-state index contributed by atoms with van der Waals surface area (Å²) in [6.07, 6.45) is 0.789. The van der Waals surface area contributed by atoms with Gasteiger partial charge in [-0.05, 0) is 46.9 Å². The molecule has 1 aliphatic heterocycles. The average molecular weight is 384 g/mol. The maximum atomic E-state index is 12.6.